The zero-order chi connectivity index (χ0) is 16.2. The van der Waals surface area contributed by atoms with Crippen LogP contribution in [-0.2, 0) is 22.6 Å². The summed E-state index contributed by atoms with van der Waals surface area (Å²) in [7, 11) is 0. The summed E-state index contributed by atoms with van der Waals surface area (Å²) in [6.45, 7) is 2.67. The van der Waals surface area contributed by atoms with Crippen molar-refractivity contribution in [3.63, 3.8) is 0 Å². The minimum absolute atomic E-state index is 0.0935. The fourth-order valence-electron chi connectivity index (χ4n) is 2.37. The van der Waals surface area contributed by atoms with Gasteiger partial charge in [-0.2, -0.15) is 5.10 Å². The normalized spacial score (nSPS) is 17.7. The van der Waals surface area contributed by atoms with Crippen molar-refractivity contribution >= 4 is 28.3 Å². The van der Waals surface area contributed by atoms with Gasteiger partial charge in [0.15, 0.2) is 0 Å². The van der Waals surface area contributed by atoms with Crippen LogP contribution in [0.2, 0.25) is 0 Å². The van der Waals surface area contributed by atoms with Gasteiger partial charge in [0.25, 0.3) is 0 Å². The van der Waals surface area contributed by atoms with Crippen LogP contribution in [0, 0.1) is 5.92 Å². The molecule has 0 spiro atoms. The monoisotopic (exact) mass is 335 g/mol. The maximum absolute atomic E-state index is 12.2. The van der Waals surface area contributed by atoms with E-state index in [-0.39, 0.29) is 30.7 Å². The molecular formula is C13H17N7O2S. The van der Waals surface area contributed by atoms with Gasteiger partial charge in [-0.05, 0) is 6.42 Å². The summed E-state index contributed by atoms with van der Waals surface area (Å²) in [4.78, 5) is 29.8. The number of aromatic nitrogens is 5. The van der Waals surface area contributed by atoms with Crippen LogP contribution in [0.4, 0.5) is 5.13 Å². The Bertz CT molecular complexity index is 684. The van der Waals surface area contributed by atoms with Gasteiger partial charge in [0.05, 0.1) is 12.5 Å². The van der Waals surface area contributed by atoms with Crippen LogP contribution < -0.4 is 10.2 Å². The lowest BCUT2D eigenvalue weighted by atomic mass is 10.1. The van der Waals surface area contributed by atoms with E-state index in [0.717, 1.165) is 17.8 Å². The number of amides is 2. The van der Waals surface area contributed by atoms with Crippen LogP contribution in [0.15, 0.2) is 6.33 Å². The lowest BCUT2D eigenvalue weighted by Crippen LogP contribution is -2.32. The van der Waals surface area contributed by atoms with E-state index in [0.29, 0.717) is 17.5 Å². The van der Waals surface area contributed by atoms with Crippen LogP contribution in [-0.4, -0.2) is 43.7 Å². The second kappa shape index (κ2) is 6.82. The van der Waals surface area contributed by atoms with Gasteiger partial charge >= 0.3 is 0 Å². The smallest absolute Gasteiger partial charge is 0.229 e. The van der Waals surface area contributed by atoms with E-state index in [1.165, 1.54) is 17.7 Å². The van der Waals surface area contributed by atoms with Crippen LogP contribution in [0.1, 0.15) is 30.6 Å². The number of aromatic amines is 1. The Morgan fingerprint density at radius 1 is 1.52 bits per heavy atom. The molecule has 0 radical (unpaired) electrons. The van der Waals surface area contributed by atoms with Crippen LogP contribution in [0.25, 0.3) is 0 Å². The average Bonchev–Trinajstić information content (AvgIpc) is 3.25. The van der Waals surface area contributed by atoms with Crippen molar-refractivity contribution in [1.29, 1.82) is 0 Å². The fourth-order valence-corrected chi connectivity index (χ4v) is 3.33. The number of nitrogens with zero attached hydrogens (tertiary/aromatic N) is 5. The molecule has 0 saturated carbocycles. The minimum atomic E-state index is -0.385. The highest BCUT2D eigenvalue weighted by atomic mass is 32.1. The molecule has 23 heavy (non-hydrogen) atoms. The summed E-state index contributed by atoms with van der Waals surface area (Å²) >= 11 is 1.41. The summed E-state index contributed by atoms with van der Waals surface area (Å²) in [5, 5.41) is 18.8. The SMILES string of the molecule is CCCc1nnc(N2CC(C(=O)NCc3ncn[nH]3)CC2=O)s1. The molecule has 9 nitrogen and oxygen atoms in total. The first-order valence-electron chi connectivity index (χ1n) is 7.42. The Balaban J connectivity index is 1.58. The molecule has 0 aliphatic carbocycles. The number of hydrogen-bond donors (Lipinski definition) is 2. The molecule has 3 heterocycles. The van der Waals surface area contributed by atoms with Crippen molar-refractivity contribution in [1.82, 2.24) is 30.7 Å². The summed E-state index contributed by atoms with van der Waals surface area (Å²) in [5.74, 6) is -0.0728. The predicted octanol–water partition coefficient (Wildman–Crippen LogP) is 0.278. The number of aryl methyl sites for hydroxylation is 1. The lowest BCUT2D eigenvalue weighted by molar-refractivity contribution is -0.126. The number of nitrogens with one attached hydrogen (secondary N) is 2. The first kappa shape index (κ1) is 15.5. The molecule has 0 aromatic carbocycles. The standard InChI is InChI=1S/C13H17N7O2S/c1-2-3-10-18-19-13(23-10)20-6-8(4-11(20)21)12(22)14-5-9-15-7-16-17-9/h7-8H,2-6H2,1H3,(H,14,22)(H,15,16,17). The molecule has 1 fully saturated rings. The maximum Gasteiger partial charge on any atom is 0.229 e. The van der Waals surface area contributed by atoms with Crippen molar-refractivity contribution in [3.8, 4) is 0 Å². The van der Waals surface area contributed by atoms with Crippen LogP contribution >= 0.6 is 11.3 Å². The van der Waals surface area contributed by atoms with Crippen LogP contribution in [0.3, 0.4) is 0 Å². The van der Waals surface area contributed by atoms with Crippen molar-refractivity contribution in [2.75, 3.05) is 11.4 Å². The maximum atomic E-state index is 12.2. The first-order chi connectivity index (χ1) is 11.2. The van der Waals surface area contributed by atoms with Crippen molar-refractivity contribution in [3.05, 3.63) is 17.2 Å². The Kier molecular flexibility index (Phi) is 4.60. The number of hydrogen-bond acceptors (Lipinski definition) is 7. The van der Waals surface area contributed by atoms with Gasteiger partial charge in [0.1, 0.15) is 17.2 Å². The largest absolute Gasteiger partial charge is 0.349 e. The van der Waals surface area contributed by atoms with E-state index in [1.54, 1.807) is 4.90 Å². The number of H-pyrrole nitrogens is 1. The van der Waals surface area contributed by atoms with E-state index < -0.39 is 0 Å². The molecule has 1 unspecified atom stereocenters. The minimum Gasteiger partial charge on any atom is -0.349 e. The van der Waals surface area contributed by atoms with Crippen molar-refractivity contribution in [2.45, 2.75) is 32.7 Å². The van der Waals surface area contributed by atoms with E-state index >= 15 is 0 Å². The van der Waals surface area contributed by atoms with Gasteiger partial charge in [-0.25, -0.2) is 4.98 Å². The van der Waals surface area contributed by atoms with Crippen LogP contribution in [0.5, 0.6) is 0 Å². The quantitative estimate of drug-likeness (QED) is 0.783. The number of rotatable bonds is 6. The Hall–Kier alpha value is -2.36. The molecule has 2 N–H and O–H groups in total. The van der Waals surface area contributed by atoms with Gasteiger partial charge in [0, 0.05) is 19.4 Å². The lowest BCUT2D eigenvalue weighted by Gasteiger charge is -2.12. The van der Waals surface area contributed by atoms with E-state index in [9.17, 15) is 9.59 Å². The van der Waals surface area contributed by atoms with Gasteiger partial charge < -0.3 is 5.32 Å². The van der Waals surface area contributed by atoms with E-state index in [1.807, 2.05) is 0 Å². The second-order valence-electron chi connectivity index (χ2n) is 5.28. The Labute approximate surface area is 136 Å². The fraction of sp³-hybridized carbons (Fsp3) is 0.538. The molecule has 1 atom stereocenters. The highest BCUT2D eigenvalue weighted by Gasteiger charge is 2.36. The molecule has 1 saturated heterocycles. The number of anilines is 1. The van der Waals surface area contributed by atoms with Crippen molar-refractivity contribution < 1.29 is 9.59 Å². The summed E-state index contributed by atoms with van der Waals surface area (Å²) in [5.41, 5.74) is 0. The molecule has 2 amide bonds. The zero-order valence-electron chi connectivity index (χ0n) is 12.7. The topological polar surface area (TPSA) is 117 Å². The summed E-state index contributed by atoms with van der Waals surface area (Å²) in [6.07, 6.45) is 3.40. The summed E-state index contributed by atoms with van der Waals surface area (Å²) in [6, 6.07) is 0. The molecule has 0 bridgehead atoms. The third kappa shape index (κ3) is 3.52. The average molecular weight is 335 g/mol. The first-order valence-corrected chi connectivity index (χ1v) is 8.23. The molecule has 10 heteroatoms. The molecule has 1 aliphatic heterocycles. The second-order valence-corrected chi connectivity index (χ2v) is 6.32. The third-order valence-corrected chi connectivity index (χ3v) is 4.55. The third-order valence-electron chi connectivity index (χ3n) is 3.54. The number of carbonyl (C=O) groups is 2. The molecule has 2 aromatic heterocycles. The van der Waals surface area contributed by atoms with Gasteiger partial charge in [-0.3, -0.25) is 19.6 Å². The molecule has 2 aromatic rings. The van der Waals surface area contributed by atoms with Gasteiger partial charge in [-0.15, -0.1) is 10.2 Å². The van der Waals surface area contributed by atoms with Crippen molar-refractivity contribution in [2.24, 2.45) is 5.92 Å². The zero-order valence-corrected chi connectivity index (χ0v) is 13.5. The molecule has 1 aliphatic rings. The van der Waals surface area contributed by atoms with E-state index in [4.69, 9.17) is 0 Å². The van der Waals surface area contributed by atoms with E-state index in [2.05, 4.69) is 37.6 Å². The molecule has 122 valence electrons. The van der Waals surface area contributed by atoms with Gasteiger partial charge in [-0.1, -0.05) is 18.3 Å². The highest BCUT2D eigenvalue weighted by molar-refractivity contribution is 7.15. The molecule has 3 rings (SSSR count). The Morgan fingerprint density at radius 3 is 3.13 bits per heavy atom. The van der Waals surface area contributed by atoms with Gasteiger partial charge in [0.2, 0.25) is 16.9 Å². The predicted molar refractivity (Wildman–Crippen MR) is 82.6 cm³/mol. The Morgan fingerprint density at radius 2 is 2.39 bits per heavy atom. The molecular weight excluding hydrogens is 318 g/mol. The number of carbonyl (C=O) groups excluding carboxylic acids is 2. The summed E-state index contributed by atoms with van der Waals surface area (Å²) < 4.78 is 0. The highest BCUT2D eigenvalue weighted by Crippen LogP contribution is 2.28.